The van der Waals surface area contributed by atoms with Crippen LogP contribution in [0.4, 0.5) is 0 Å². The first-order valence-corrected chi connectivity index (χ1v) is 8.93. The van der Waals surface area contributed by atoms with Crippen molar-refractivity contribution < 1.29 is 8.42 Å². The van der Waals surface area contributed by atoms with Crippen molar-refractivity contribution >= 4 is 21.2 Å². The molecule has 0 radical (unpaired) electrons. The molecule has 2 rings (SSSR count). The van der Waals surface area contributed by atoms with E-state index < -0.39 is 9.84 Å². The van der Waals surface area contributed by atoms with Crippen LogP contribution in [-0.2, 0) is 16.4 Å². The van der Waals surface area contributed by atoms with Crippen molar-refractivity contribution in [2.75, 3.05) is 5.75 Å². The summed E-state index contributed by atoms with van der Waals surface area (Å²) >= 11 is 1.60. The highest BCUT2D eigenvalue weighted by molar-refractivity contribution is 7.91. The number of benzene rings is 1. The molecule has 0 saturated heterocycles. The summed E-state index contributed by atoms with van der Waals surface area (Å²) in [7, 11) is -3.24. The molecule has 108 valence electrons. The molecule has 6 heteroatoms. The molecule has 2 aromatic rings. The zero-order chi connectivity index (χ0) is 14.6. The van der Waals surface area contributed by atoms with E-state index >= 15 is 0 Å². The Kier molecular flexibility index (Phi) is 4.91. The Morgan fingerprint density at radius 2 is 2.00 bits per heavy atom. The maximum Gasteiger partial charge on any atom is 0.179 e. The van der Waals surface area contributed by atoms with Gasteiger partial charge in [-0.2, -0.15) is 0 Å². The SMILES string of the molecule is Cc1nc(CNC(C)CS(=O)(=O)c2ccccc2)cs1. The maximum absolute atomic E-state index is 12.2. The molecule has 0 spiro atoms. The molecule has 0 amide bonds. The molecule has 0 aliphatic heterocycles. The number of hydrogen-bond donors (Lipinski definition) is 1. The monoisotopic (exact) mass is 310 g/mol. The predicted octanol–water partition coefficient (Wildman–Crippen LogP) is 2.40. The van der Waals surface area contributed by atoms with Gasteiger partial charge in [-0.15, -0.1) is 11.3 Å². The zero-order valence-electron chi connectivity index (χ0n) is 11.5. The van der Waals surface area contributed by atoms with Crippen molar-refractivity contribution in [1.29, 1.82) is 0 Å². The van der Waals surface area contributed by atoms with Crippen LogP contribution in [0.2, 0.25) is 0 Å². The van der Waals surface area contributed by atoms with E-state index in [9.17, 15) is 8.42 Å². The summed E-state index contributed by atoms with van der Waals surface area (Å²) in [6.07, 6.45) is 0. The van der Waals surface area contributed by atoms with Gasteiger partial charge in [-0.1, -0.05) is 18.2 Å². The summed E-state index contributed by atoms with van der Waals surface area (Å²) in [5.74, 6) is 0.0835. The minimum absolute atomic E-state index is 0.0835. The van der Waals surface area contributed by atoms with Crippen LogP contribution in [0, 0.1) is 6.92 Å². The number of nitrogens with one attached hydrogen (secondary N) is 1. The highest BCUT2D eigenvalue weighted by atomic mass is 32.2. The van der Waals surface area contributed by atoms with Gasteiger partial charge in [0.05, 0.1) is 21.3 Å². The fraction of sp³-hybridized carbons (Fsp3) is 0.357. The van der Waals surface area contributed by atoms with E-state index in [0.717, 1.165) is 10.7 Å². The molecule has 0 aliphatic rings. The second-order valence-corrected chi connectivity index (χ2v) is 7.83. The van der Waals surface area contributed by atoms with Crippen molar-refractivity contribution in [1.82, 2.24) is 10.3 Å². The van der Waals surface area contributed by atoms with Gasteiger partial charge in [0.1, 0.15) is 0 Å². The normalized spacial score (nSPS) is 13.3. The van der Waals surface area contributed by atoms with E-state index in [2.05, 4.69) is 10.3 Å². The van der Waals surface area contributed by atoms with Gasteiger partial charge in [0.2, 0.25) is 0 Å². The lowest BCUT2D eigenvalue weighted by molar-refractivity contribution is 0.553. The summed E-state index contributed by atoms with van der Waals surface area (Å²) < 4.78 is 24.4. The number of nitrogens with zero attached hydrogens (tertiary/aromatic N) is 1. The zero-order valence-corrected chi connectivity index (χ0v) is 13.2. The summed E-state index contributed by atoms with van der Waals surface area (Å²) in [4.78, 5) is 4.72. The van der Waals surface area contributed by atoms with Gasteiger partial charge in [0.25, 0.3) is 0 Å². The summed E-state index contributed by atoms with van der Waals surface area (Å²) in [6.45, 7) is 4.42. The molecule has 1 aromatic carbocycles. The molecule has 1 heterocycles. The van der Waals surface area contributed by atoms with Crippen LogP contribution in [0.25, 0.3) is 0 Å². The van der Waals surface area contributed by atoms with E-state index in [1.165, 1.54) is 0 Å². The Labute approximate surface area is 123 Å². The van der Waals surface area contributed by atoms with Gasteiger partial charge in [-0.3, -0.25) is 0 Å². The topological polar surface area (TPSA) is 59.1 Å². The molecule has 1 unspecified atom stereocenters. The molecule has 1 aromatic heterocycles. The fourth-order valence-electron chi connectivity index (χ4n) is 1.88. The second-order valence-electron chi connectivity index (χ2n) is 4.73. The number of aromatic nitrogens is 1. The Morgan fingerprint density at radius 1 is 1.30 bits per heavy atom. The first-order valence-electron chi connectivity index (χ1n) is 6.39. The number of sulfone groups is 1. The Balaban J connectivity index is 1.92. The molecule has 4 nitrogen and oxygen atoms in total. The number of aryl methyl sites for hydroxylation is 1. The lowest BCUT2D eigenvalue weighted by atomic mass is 10.3. The second kappa shape index (κ2) is 6.47. The molecular weight excluding hydrogens is 292 g/mol. The lowest BCUT2D eigenvalue weighted by Gasteiger charge is -2.13. The number of thiazole rings is 1. The van der Waals surface area contributed by atoms with Crippen LogP contribution in [0.3, 0.4) is 0 Å². The van der Waals surface area contributed by atoms with Crippen molar-refractivity contribution in [2.24, 2.45) is 0 Å². The van der Waals surface area contributed by atoms with Crippen LogP contribution >= 0.6 is 11.3 Å². The molecule has 0 saturated carbocycles. The molecule has 0 bridgehead atoms. The van der Waals surface area contributed by atoms with Crippen molar-refractivity contribution in [3.8, 4) is 0 Å². The first-order chi connectivity index (χ1) is 9.47. The lowest BCUT2D eigenvalue weighted by Crippen LogP contribution is -2.32. The Hall–Kier alpha value is -1.24. The van der Waals surface area contributed by atoms with E-state index in [4.69, 9.17) is 0 Å². The van der Waals surface area contributed by atoms with Gasteiger partial charge >= 0.3 is 0 Å². The van der Waals surface area contributed by atoms with Gasteiger partial charge < -0.3 is 5.32 Å². The average molecular weight is 310 g/mol. The highest BCUT2D eigenvalue weighted by Crippen LogP contribution is 2.12. The molecule has 1 atom stereocenters. The van der Waals surface area contributed by atoms with Crippen molar-refractivity contribution in [2.45, 2.75) is 31.3 Å². The van der Waals surface area contributed by atoms with Crippen LogP contribution in [-0.4, -0.2) is 25.2 Å². The van der Waals surface area contributed by atoms with Crippen LogP contribution in [0.1, 0.15) is 17.6 Å². The van der Waals surface area contributed by atoms with Gasteiger partial charge in [0.15, 0.2) is 9.84 Å². The van der Waals surface area contributed by atoms with Gasteiger partial charge in [-0.25, -0.2) is 13.4 Å². The molecule has 1 N–H and O–H groups in total. The summed E-state index contributed by atoms with van der Waals surface area (Å²) in [6, 6.07) is 8.43. The number of rotatable bonds is 6. The van der Waals surface area contributed by atoms with Crippen LogP contribution < -0.4 is 5.32 Å². The van der Waals surface area contributed by atoms with Crippen molar-refractivity contribution in [3.05, 3.63) is 46.4 Å². The maximum atomic E-state index is 12.2. The van der Waals surface area contributed by atoms with Gasteiger partial charge in [0, 0.05) is 18.0 Å². The highest BCUT2D eigenvalue weighted by Gasteiger charge is 2.17. The Bertz CT molecular complexity index is 651. The third-order valence-electron chi connectivity index (χ3n) is 2.87. The van der Waals surface area contributed by atoms with Gasteiger partial charge in [-0.05, 0) is 26.0 Å². The van der Waals surface area contributed by atoms with Crippen LogP contribution in [0.5, 0.6) is 0 Å². The van der Waals surface area contributed by atoms with E-state index in [0.29, 0.717) is 11.4 Å². The molecule has 0 aliphatic carbocycles. The fourth-order valence-corrected chi connectivity index (χ4v) is 4.03. The first kappa shape index (κ1) is 15.2. The standard InChI is InChI=1S/C14H18N2O2S2/c1-11(15-8-13-9-19-12(2)16-13)10-20(17,18)14-6-4-3-5-7-14/h3-7,9,11,15H,8,10H2,1-2H3. The van der Waals surface area contributed by atoms with E-state index in [1.54, 1.807) is 35.6 Å². The molecule has 20 heavy (non-hydrogen) atoms. The summed E-state index contributed by atoms with van der Waals surface area (Å²) in [5, 5.41) is 6.21. The quantitative estimate of drug-likeness (QED) is 0.890. The van der Waals surface area contributed by atoms with E-state index in [-0.39, 0.29) is 11.8 Å². The van der Waals surface area contributed by atoms with Crippen molar-refractivity contribution in [3.63, 3.8) is 0 Å². The van der Waals surface area contributed by atoms with E-state index in [1.807, 2.05) is 25.3 Å². The minimum Gasteiger partial charge on any atom is -0.308 e. The number of hydrogen-bond acceptors (Lipinski definition) is 5. The smallest absolute Gasteiger partial charge is 0.179 e. The summed E-state index contributed by atoms with van der Waals surface area (Å²) in [5.41, 5.74) is 0.955. The largest absolute Gasteiger partial charge is 0.308 e. The minimum atomic E-state index is -3.24. The predicted molar refractivity (Wildman–Crippen MR) is 81.6 cm³/mol. The third-order valence-corrected chi connectivity index (χ3v) is 5.62. The van der Waals surface area contributed by atoms with Crippen LogP contribution in [0.15, 0.2) is 40.6 Å². The third kappa shape index (κ3) is 4.13. The molecule has 0 fully saturated rings. The average Bonchev–Trinajstić information content (AvgIpc) is 2.83. The Morgan fingerprint density at radius 3 is 2.60 bits per heavy atom. The molecular formula is C14H18N2O2S2.